The predicted molar refractivity (Wildman–Crippen MR) is 67.5 cm³/mol. The van der Waals surface area contributed by atoms with Crippen LogP contribution in [0.1, 0.15) is 5.69 Å². The molecule has 0 atom stereocenters. The van der Waals surface area contributed by atoms with Gasteiger partial charge in [0.1, 0.15) is 12.8 Å². The first-order valence-electron chi connectivity index (χ1n) is 5.48. The highest BCUT2D eigenvalue weighted by Gasteiger charge is 2.20. The second-order valence-corrected chi connectivity index (χ2v) is 3.56. The summed E-state index contributed by atoms with van der Waals surface area (Å²) in [7, 11) is 2.59. The molecule has 0 unspecified atom stereocenters. The van der Waals surface area contributed by atoms with Crippen molar-refractivity contribution in [2.75, 3.05) is 14.2 Å². The van der Waals surface area contributed by atoms with Crippen molar-refractivity contribution in [1.82, 2.24) is 5.16 Å². The maximum Gasteiger partial charge on any atom is 0.362 e. The van der Waals surface area contributed by atoms with Crippen LogP contribution >= 0.6 is 0 Å². The van der Waals surface area contributed by atoms with Gasteiger partial charge in [0, 0.05) is 11.6 Å². The van der Waals surface area contributed by atoms with Crippen molar-refractivity contribution in [3.63, 3.8) is 0 Å². The Morgan fingerprint density at radius 1 is 1.26 bits per heavy atom. The van der Waals surface area contributed by atoms with Crippen LogP contribution in [0.5, 0.6) is 0 Å². The normalized spacial score (nSPS) is 11.2. The summed E-state index contributed by atoms with van der Waals surface area (Å²) in [5, 5.41) is 7.39. The van der Waals surface area contributed by atoms with Crippen molar-refractivity contribution in [3.8, 4) is 11.3 Å². The molecule has 1 aromatic carbocycles. The van der Waals surface area contributed by atoms with E-state index in [-0.39, 0.29) is 11.4 Å². The molecule has 2 aromatic rings. The van der Waals surface area contributed by atoms with Crippen molar-refractivity contribution in [1.29, 1.82) is 0 Å². The minimum Gasteiger partial charge on any atom is -0.464 e. The molecule has 6 heteroatoms. The third-order valence-corrected chi connectivity index (χ3v) is 2.37. The Labute approximate surface area is 109 Å². The zero-order valence-corrected chi connectivity index (χ0v) is 10.5. The van der Waals surface area contributed by atoms with Gasteiger partial charge < -0.3 is 14.1 Å². The van der Waals surface area contributed by atoms with E-state index in [1.165, 1.54) is 14.2 Å². The summed E-state index contributed by atoms with van der Waals surface area (Å²) < 4.78 is 9.78. The maximum atomic E-state index is 11.5. The molecule has 98 valence electrons. The second-order valence-electron chi connectivity index (χ2n) is 3.56. The molecule has 0 radical (unpaired) electrons. The Morgan fingerprint density at radius 3 is 2.63 bits per heavy atom. The monoisotopic (exact) mass is 260 g/mol. The van der Waals surface area contributed by atoms with Gasteiger partial charge in [0.2, 0.25) is 5.71 Å². The van der Waals surface area contributed by atoms with Crippen LogP contribution in [0, 0.1) is 0 Å². The number of oxime groups is 1. The van der Waals surface area contributed by atoms with Crippen molar-refractivity contribution in [2.24, 2.45) is 5.16 Å². The summed E-state index contributed by atoms with van der Waals surface area (Å²) in [6, 6.07) is 11.0. The molecule has 0 aliphatic rings. The molecule has 0 spiro atoms. The van der Waals surface area contributed by atoms with Crippen LogP contribution in [-0.2, 0) is 14.4 Å². The number of carbonyl (C=O) groups excluding carboxylic acids is 1. The molecular formula is C13H12N2O4. The highest BCUT2D eigenvalue weighted by Crippen LogP contribution is 2.20. The third kappa shape index (κ3) is 2.79. The number of methoxy groups -OCH3 is 1. The Kier molecular flexibility index (Phi) is 3.92. The van der Waals surface area contributed by atoms with Crippen molar-refractivity contribution >= 4 is 11.7 Å². The number of hydrogen-bond acceptors (Lipinski definition) is 6. The van der Waals surface area contributed by atoms with Crippen LogP contribution in [0.15, 0.2) is 46.1 Å². The summed E-state index contributed by atoms with van der Waals surface area (Å²) in [5.41, 5.74) is 1.06. The first-order chi connectivity index (χ1) is 9.26. The fourth-order valence-corrected chi connectivity index (χ4v) is 1.50. The van der Waals surface area contributed by atoms with Gasteiger partial charge in [0.05, 0.1) is 7.11 Å². The number of nitrogens with zero attached hydrogens (tertiary/aromatic N) is 2. The SMILES string of the molecule is CON=C(C(=O)OC)c1cc(-c2ccccc2)on1. The summed E-state index contributed by atoms with van der Waals surface area (Å²) in [6.07, 6.45) is 0. The fraction of sp³-hybridized carbons (Fsp3) is 0.154. The maximum absolute atomic E-state index is 11.5. The predicted octanol–water partition coefficient (Wildman–Crippen LogP) is 1.87. The molecule has 0 fully saturated rings. The lowest BCUT2D eigenvalue weighted by atomic mass is 10.1. The van der Waals surface area contributed by atoms with Gasteiger partial charge in [-0.05, 0) is 0 Å². The van der Waals surface area contributed by atoms with Crippen LogP contribution in [0.25, 0.3) is 11.3 Å². The summed E-state index contributed by atoms with van der Waals surface area (Å²) >= 11 is 0. The standard InChI is InChI=1S/C13H12N2O4/c1-17-13(16)12(15-18-2)10-8-11(19-14-10)9-6-4-3-5-7-9/h3-8H,1-2H3. The fourth-order valence-electron chi connectivity index (χ4n) is 1.50. The number of rotatable bonds is 4. The lowest BCUT2D eigenvalue weighted by Crippen LogP contribution is -2.17. The Bertz CT molecular complexity index is 590. The van der Waals surface area contributed by atoms with Gasteiger partial charge >= 0.3 is 5.97 Å². The molecule has 0 bridgehead atoms. The number of benzene rings is 1. The number of carbonyl (C=O) groups is 1. The average Bonchev–Trinajstić information content (AvgIpc) is 2.94. The molecule has 19 heavy (non-hydrogen) atoms. The Morgan fingerprint density at radius 2 is 2.00 bits per heavy atom. The topological polar surface area (TPSA) is 73.9 Å². The highest BCUT2D eigenvalue weighted by atomic mass is 16.6. The molecule has 6 nitrogen and oxygen atoms in total. The van der Waals surface area contributed by atoms with E-state index in [0.29, 0.717) is 5.76 Å². The molecule has 0 saturated carbocycles. The smallest absolute Gasteiger partial charge is 0.362 e. The molecule has 2 rings (SSSR count). The number of esters is 1. The lowest BCUT2D eigenvalue weighted by Gasteiger charge is -1.98. The third-order valence-electron chi connectivity index (χ3n) is 2.37. The minimum absolute atomic E-state index is 0.0454. The molecule has 1 aromatic heterocycles. The average molecular weight is 260 g/mol. The van der Waals surface area contributed by atoms with Crippen LogP contribution in [0.2, 0.25) is 0 Å². The van der Waals surface area contributed by atoms with Crippen molar-refractivity contribution in [3.05, 3.63) is 42.1 Å². The molecule has 0 aliphatic carbocycles. The molecule has 0 aliphatic heterocycles. The Hall–Kier alpha value is -2.63. The number of aromatic nitrogens is 1. The van der Waals surface area contributed by atoms with Gasteiger partial charge in [-0.2, -0.15) is 0 Å². The second kappa shape index (κ2) is 5.81. The highest BCUT2D eigenvalue weighted by molar-refractivity contribution is 6.42. The van der Waals surface area contributed by atoms with Gasteiger partial charge in [0.15, 0.2) is 5.76 Å². The molecular weight excluding hydrogens is 248 g/mol. The van der Waals surface area contributed by atoms with Gasteiger partial charge in [-0.1, -0.05) is 40.6 Å². The zero-order valence-electron chi connectivity index (χ0n) is 10.5. The van der Waals surface area contributed by atoms with Crippen molar-refractivity contribution in [2.45, 2.75) is 0 Å². The number of ether oxygens (including phenoxy) is 1. The minimum atomic E-state index is -0.644. The van der Waals surface area contributed by atoms with Crippen LogP contribution in [0.4, 0.5) is 0 Å². The lowest BCUT2D eigenvalue weighted by molar-refractivity contribution is -0.132. The molecule has 0 N–H and O–H groups in total. The van der Waals surface area contributed by atoms with Crippen LogP contribution < -0.4 is 0 Å². The summed E-state index contributed by atoms with van der Waals surface area (Å²) in [6.45, 7) is 0. The molecule has 0 amide bonds. The van der Waals surface area contributed by atoms with E-state index in [1.807, 2.05) is 30.3 Å². The van der Waals surface area contributed by atoms with E-state index in [2.05, 4.69) is 19.9 Å². The van der Waals surface area contributed by atoms with Gasteiger partial charge in [-0.15, -0.1) is 0 Å². The van der Waals surface area contributed by atoms with Gasteiger partial charge in [0.25, 0.3) is 0 Å². The van der Waals surface area contributed by atoms with E-state index < -0.39 is 5.97 Å². The van der Waals surface area contributed by atoms with E-state index in [0.717, 1.165) is 5.56 Å². The van der Waals surface area contributed by atoms with Gasteiger partial charge in [-0.25, -0.2) is 4.79 Å². The van der Waals surface area contributed by atoms with E-state index in [9.17, 15) is 4.79 Å². The largest absolute Gasteiger partial charge is 0.464 e. The first kappa shape index (κ1) is 12.8. The van der Waals surface area contributed by atoms with E-state index in [1.54, 1.807) is 6.07 Å². The Balaban J connectivity index is 2.35. The summed E-state index contributed by atoms with van der Waals surface area (Å²) in [4.78, 5) is 16.1. The number of hydrogen-bond donors (Lipinski definition) is 0. The van der Waals surface area contributed by atoms with E-state index in [4.69, 9.17) is 4.52 Å². The van der Waals surface area contributed by atoms with E-state index >= 15 is 0 Å². The quantitative estimate of drug-likeness (QED) is 0.476. The zero-order chi connectivity index (χ0) is 13.7. The van der Waals surface area contributed by atoms with Gasteiger partial charge in [-0.3, -0.25) is 0 Å². The first-order valence-corrected chi connectivity index (χ1v) is 5.48. The summed E-state index contributed by atoms with van der Waals surface area (Å²) in [5.74, 6) is -0.113. The molecule has 1 heterocycles. The van der Waals surface area contributed by atoms with Crippen LogP contribution in [0.3, 0.4) is 0 Å². The van der Waals surface area contributed by atoms with Crippen molar-refractivity contribution < 1.29 is 18.9 Å². The molecule has 0 saturated heterocycles. The van der Waals surface area contributed by atoms with Crippen LogP contribution in [-0.4, -0.2) is 31.1 Å².